The molecule has 162 valence electrons. The molecule has 1 unspecified atom stereocenters. The quantitative estimate of drug-likeness (QED) is 0.540. The van der Waals surface area contributed by atoms with E-state index in [4.69, 9.17) is 12.2 Å². The summed E-state index contributed by atoms with van der Waals surface area (Å²) >= 11 is 5.58. The van der Waals surface area contributed by atoms with Gasteiger partial charge in [0.25, 0.3) is 5.91 Å². The molecule has 6 heteroatoms. The summed E-state index contributed by atoms with van der Waals surface area (Å²) in [5.41, 5.74) is 2.95. The van der Waals surface area contributed by atoms with Gasteiger partial charge in [-0.05, 0) is 48.3 Å². The van der Waals surface area contributed by atoms with Crippen molar-refractivity contribution < 1.29 is 9.59 Å². The van der Waals surface area contributed by atoms with Crippen LogP contribution in [0.4, 0.5) is 5.69 Å². The van der Waals surface area contributed by atoms with Gasteiger partial charge in [-0.15, -0.1) is 0 Å². The summed E-state index contributed by atoms with van der Waals surface area (Å²) in [7, 11) is 1.72. The van der Waals surface area contributed by atoms with Crippen molar-refractivity contribution >= 4 is 34.8 Å². The molecular weight excluding hydrogens is 406 g/mol. The normalized spacial score (nSPS) is 20.1. The van der Waals surface area contributed by atoms with E-state index in [0.29, 0.717) is 5.11 Å². The van der Waals surface area contributed by atoms with E-state index in [1.54, 1.807) is 7.05 Å². The van der Waals surface area contributed by atoms with Gasteiger partial charge in [0.2, 0.25) is 5.91 Å². The number of nitrogens with one attached hydrogen (secondary N) is 1. The predicted molar refractivity (Wildman–Crippen MR) is 128 cm³/mol. The van der Waals surface area contributed by atoms with Crippen LogP contribution in [0.5, 0.6) is 0 Å². The molecule has 1 heterocycles. The first-order valence-electron chi connectivity index (χ1n) is 11.1. The first-order chi connectivity index (χ1) is 15.0. The van der Waals surface area contributed by atoms with Crippen molar-refractivity contribution in [1.82, 2.24) is 9.80 Å². The molecule has 1 N–H and O–H groups in total. The van der Waals surface area contributed by atoms with Crippen molar-refractivity contribution in [3.8, 4) is 11.1 Å². The number of amides is 2. The van der Waals surface area contributed by atoms with Crippen LogP contribution in [0.2, 0.25) is 0 Å². The Morgan fingerprint density at radius 1 is 0.968 bits per heavy atom. The number of likely N-dealkylation sites (N-methyl/N-ethyl adjacent to an activating group) is 1. The van der Waals surface area contributed by atoms with Gasteiger partial charge in [0.15, 0.2) is 5.11 Å². The molecule has 2 fully saturated rings. The summed E-state index contributed by atoms with van der Waals surface area (Å²) in [6.45, 7) is 0. The van der Waals surface area contributed by atoms with Crippen LogP contribution < -0.4 is 5.32 Å². The molecule has 1 saturated heterocycles. The predicted octanol–water partition coefficient (Wildman–Crippen LogP) is 4.83. The minimum atomic E-state index is -0.510. The van der Waals surface area contributed by atoms with Crippen LogP contribution in [0.1, 0.15) is 44.9 Å². The topological polar surface area (TPSA) is 52.7 Å². The van der Waals surface area contributed by atoms with E-state index >= 15 is 0 Å². The van der Waals surface area contributed by atoms with Gasteiger partial charge in [0, 0.05) is 18.8 Å². The maximum atomic E-state index is 12.9. The number of benzene rings is 2. The number of thiocarbonyl (C=S) groups is 1. The van der Waals surface area contributed by atoms with E-state index < -0.39 is 6.04 Å². The minimum absolute atomic E-state index is 0.0798. The Hall–Kier alpha value is -2.73. The van der Waals surface area contributed by atoms with Gasteiger partial charge in [-0.1, -0.05) is 68.1 Å². The molecule has 1 atom stereocenters. The average molecular weight is 436 g/mol. The van der Waals surface area contributed by atoms with E-state index in [1.165, 1.54) is 17.7 Å². The second-order valence-electron chi connectivity index (χ2n) is 8.44. The summed E-state index contributed by atoms with van der Waals surface area (Å²) in [6.07, 6.45) is 6.92. The summed E-state index contributed by atoms with van der Waals surface area (Å²) in [6, 6.07) is 17.6. The largest absolute Gasteiger partial charge is 0.333 e. The van der Waals surface area contributed by atoms with E-state index in [-0.39, 0.29) is 24.3 Å². The zero-order chi connectivity index (χ0) is 21.8. The van der Waals surface area contributed by atoms with Crippen molar-refractivity contribution in [2.75, 3.05) is 12.4 Å². The first kappa shape index (κ1) is 21.5. The molecule has 31 heavy (non-hydrogen) atoms. The Morgan fingerprint density at radius 2 is 1.58 bits per heavy atom. The summed E-state index contributed by atoms with van der Waals surface area (Å²) < 4.78 is 0. The molecule has 5 nitrogen and oxygen atoms in total. The van der Waals surface area contributed by atoms with Gasteiger partial charge >= 0.3 is 0 Å². The third kappa shape index (κ3) is 4.79. The third-order valence-electron chi connectivity index (χ3n) is 6.33. The molecule has 0 spiro atoms. The van der Waals surface area contributed by atoms with Gasteiger partial charge in [-0.25, -0.2) is 0 Å². The lowest BCUT2D eigenvalue weighted by atomic mass is 10.0. The molecule has 0 bridgehead atoms. The van der Waals surface area contributed by atoms with Crippen molar-refractivity contribution in [3.05, 3.63) is 54.6 Å². The summed E-state index contributed by atoms with van der Waals surface area (Å²) in [5.74, 6) is -0.244. The van der Waals surface area contributed by atoms with E-state index in [1.807, 2.05) is 47.4 Å². The van der Waals surface area contributed by atoms with Crippen LogP contribution in [-0.2, 0) is 9.59 Å². The molecule has 1 aliphatic heterocycles. The van der Waals surface area contributed by atoms with Crippen molar-refractivity contribution in [2.45, 2.75) is 57.0 Å². The zero-order valence-electron chi connectivity index (χ0n) is 17.9. The van der Waals surface area contributed by atoms with Crippen LogP contribution in [-0.4, -0.2) is 45.9 Å². The Kier molecular flexibility index (Phi) is 6.66. The fourth-order valence-corrected chi connectivity index (χ4v) is 5.01. The molecule has 2 aromatic carbocycles. The van der Waals surface area contributed by atoms with Crippen molar-refractivity contribution in [3.63, 3.8) is 0 Å². The Morgan fingerprint density at radius 3 is 2.23 bits per heavy atom. The van der Waals surface area contributed by atoms with Gasteiger partial charge in [0.05, 0.1) is 6.42 Å². The van der Waals surface area contributed by atoms with Crippen LogP contribution in [0.25, 0.3) is 11.1 Å². The highest BCUT2D eigenvalue weighted by molar-refractivity contribution is 7.80. The highest BCUT2D eigenvalue weighted by Crippen LogP contribution is 2.30. The third-order valence-corrected chi connectivity index (χ3v) is 6.82. The van der Waals surface area contributed by atoms with Gasteiger partial charge < -0.3 is 10.2 Å². The van der Waals surface area contributed by atoms with E-state index in [9.17, 15) is 9.59 Å². The van der Waals surface area contributed by atoms with E-state index in [2.05, 4.69) is 17.4 Å². The van der Waals surface area contributed by atoms with Crippen LogP contribution >= 0.6 is 12.2 Å². The fourth-order valence-electron chi connectivity index (χ4n) is 4.64. The van der Waals surface area contributed by atoms with Crippen molar-refractivity contribution in [1.29, 1.82) is 0 Å². The number of hydrogen-bond donors (Lipinski definition) is 1. The number of carbonyl (C=O) groups is 2. The lowest BCUT2D eigenvalue weighted by Crippen LogP contribution is -2.44. The van der Waals surface area contributed by atoms with Crippen molar-refractivity contribution in [2.24, 2.45) is 0 Å². The lowest BCUT2D eigenvalue weighted by Gasteiger charge is -2.32. The average Bonchev–Trinajstić information content (AvgIpc) is 2.98. The molecule has 2 amide bonds. The molecule has 1 aliphatic carbocycles. The standard InChI is InChI=1S/C25H29N3O2S/c1-27-24(30)22(28(25(27)31)21-11-7-2-3-8-12-21)17-23(29)26-20-15-13-19(14-16-20)18-9-5-4-6-10-18/h4-6,9-10,13-16,21-22H,2-3,7-8,11-12,17H2,1H3,(H,26,29). The summed E-state index contributed by atoms with van der Waals surface area (Å²) in [4.78, 5) is 29.3. The number of nitrogens with zero attached hydrogens (tertiary/aromatic N) is 2. The lowest BCUT2D eigenvalue weighted by molar-refractivity contribution is -0.130. The highest BCUT2D eigenvalue weighted by atomic mass is 32.1. The van der Waals surface area contributed by atoms with Gasteiger partial charge in [-0.3, -0.25) is 14.5 Å². The Bertz CT molecular complexity index is 937. The van der Waals surface area contributed by atoms with E-state index in [0.717, 1.165) is 42.5 Å². The molecule has 0 radical (unpaired) electrons. The molecule has 4 rings (SSSR count). The van der Waals surface area contributed by atoms with Crippen LogP contribution in [0.15, 0.2) is 54.6 Å². The molecular formula is C25H29N3O2S. The Labute approximate surface area is 189 Å². The maximum Gasteiger partial charge on any atom is 0.251 e. The van der Waals surface area contributed by atoms with Gasteiger partial charge in [-0.2, -0.15) is 0 Å². The number of carbonyl (C=O) groups excluding carboxylic acids is 2. The molecule has 2 aromatic rings. The fraction of sp³-hybridized carbons (Fsp3) is 0.400. The smallest absolute Gasteiger partial charge is 0.251 e. The molecule has 2 aliphatic rings. The second kappa shape index (κ2) is 9.60. The van der Waals surface area contributed by atoms with Crippen LogP contribution in [0.3, 0.4) is 0 Å². The molecule has 0 aromatic heterocycles. The highest BCUT2D eigenvalue weighted by Gasteiger charge is 2.44. The van der Waals surface area contributed by atoms with Gasteiger partial charge in [0.1, 0.15) is 6.04 Å². The summed E-state index contributed by atoms with van der Waals surface area (Å²) in [5, 5.41) is 3.51. The maximum absolute atomic E-state index is 12.9. The van der Waals surface area contributed by atoms with Crippen LogP contribution in [0, 0.1) is 0 Å². The number of anilines is 1. The second-order valence-corrected chi connectivity index (χ2v) is 8.81. The minimum Gasteiger partial charge on any atom is -0.333 e. The first-order valence-corrected chi connectivity index (χ1v) is 11.5. The number of rotatable bonds is 5. The monoisotopic (exact) mass is 435 g/mol. The Balaban J connectivity index is 1.43. The SMILES string of the molecule is CN1C(=O)C(CC(=O)Nc2ccc(-c3ccccc3)cc2)N(C2CCCCCC2)C1=S. The zero-order valence-corrected chi connectivity index (χ0v) is 18.7. The molecule has 1 saturated carbocycles. The number of hydrogen-bond acceptors (Lipinski definition) is 3.